The third-order valence-corrected chi connectivity index (χ3v) is 3.53. The summed E-state index contributed by atoms with van der Waals surface area (Å²) in [7, 11) is 0. The fraction of sp³-hybridized carbons (Fsp3) is 0.143. The lowest BCUT2D eigenvalue weighted by Gasteiger charge is -2.15. The number of rotatable bonds is 2. The third-order valence-electron chi connectivity index (χ3n) is 3.10. The number of hydrogen-bond acceptors (Lipinski definition) is 4. The molecular weight excluding hydrogens is 313 g/mol. The predicted molar refractivity (Wildman–Crippen MR) is 78.8 cm³/mol. The summed E-state index contributed by atoms with van der Waals surface area (Å²) >= 11 is 11.7. The SMILES string of the molecule is Cc1cc(Cl)nc(CN2C(=O)C(=O)c3cc(Cl)ccc32)n1. The van der Waals surface area contributed by atoms with Crippen molar-refractivity contribution in [3.05, 3.63) is 51.5 Å². The molecule has 0 atom stereocenters. The van der Waals surface area contributed by atoms with E-state index in [1.54, 1.807) is 25.1 Å². The average Bonchev–Trinajstić information content (AvgIpc) is 2.63. The lowest BCUT2D eigenvalue weighted by molar-refractivity contribution is -0.114. The molecule has 0 saturated carbocycles. The normalized spacial score (nSPS) is 13.8. The number of nitrogens with zero attached hydrogens (tertiary/aromatic N) is 3. The van der Waals surface area contributed by atoms with Gasteiger partial charge in [-0.05, 0) is 31.2 Å². The maximum Gasteiger partial charge on any atom is 0.299 e. The van der Waals surface area contributed by atoms with Crippen molar-refractivity contribution in [1.82, 2.24) is 9.97 Å². The minimum atomic E-state index is -0.617. The summed E-state index contributed by atoms with van der Waals surface area (Å²) in [5.41, 5.74) is 1.50. The van der Waals surface area contributed by atoms with Crippen LogP contribution in [0.1, 0.15) is 21.9 Å². The highest BCUT2D eigenvalue weighted by Gasteiger charge is 2.36. The summed E-state index contributed by atoms with van der Waals surface area (Å²) in [5.74, 6) is -0.816. The highest BCUT2D eigenvalue weighted by Crippen LogP contribution is 2.32. The molecule has 21 heavy (non-hydrogen) atoms. The summed E-state index contributed by atoms with van der Waals surface area (Å²) in [6.45, 7) is 1.86. The second kappa shape index (κ2) is 5.09. The molecule has 1 aromatic heterocycles. The second-order valence-electron chi connectivity index (χ2n) is 4.63. The Hall–Kier alpha value is -1.98. The van der Waals surface area contributed by atoms with Crippen molar-refractivity contribution in [2.24, 2.45) is 0 Å². The molecule has 0 spiro atoms. The number of amides is 1. The molecule has 2 heterocycles. The number of fused-ring (bicyclic) bond motifs is 1. The van der Waals surface area contributed by atoms with Crippen LogP contribution in [-0.4, -0.2) is 21.7 Å². The van der Waals surface area contributed by atoms with Crippen LogP contribution in [0.15, 0.2) is 24.3 Å². The maximum atomic E-state index is 12.1. The van der Waals surface area contributed by atoms with Gasteiger partial charge < -0.3 is 0 Å². The number of anilines is 1. The molecule has 0 radical (unpaired) electrons. The van der Waals surface area contributed by atoms with Crippen molar-refractivity contribution in [2.75, 3.05) is 4.90 Å². The molecular formula is C14H9Cl2N3O2. The van der Waals surface area contributed by atoms with Gasteiger partial charge in [0.1, 0.15) is 11.0 Å². The van der Waals surface area contributed by atoms with Crippen LogP contribution in [0, 0.1) is 6.92 Å². The van der Waals surface area contributed by atoms with Gasteiger partial charge in [-0.25, -0.2) is 9.97 Å². The molecule has 1 aromatic carbocycles. The van der Waals surface area contributed by atoms with Crippen molar-refractivity contribution in [3.8, 4) is 0 Å². The van der Waals surface area contributed by atoms with Crippen molar-refractivity contribution in [2.45, 2.75) is 13.5 Å². The molecule has 7 heteroatoms. The minimum absolute atomic E-state index is 0.0839. The van der Waals surface area contributed by atoms with Crippen molar-refractivity contribution < 1.29 is 9.59 Å². The average molecular weight is 322 g/mol. The number of ketones is 1. The Morgan fingerprint density at radius 3 is 2.62 bits per heavy atom. The second-order valence-corrected chi connectivity index (χ2v) is 5.45. The first-order valence-corrected chi connectivity index (χ1v) is 6.87. The zero-order valence-corrected chi connectivity index (χ0v) is 12.4. The Morgan fingerprint density at radius 1 is 1.14 bits per heavy atom. The highest BCUT2D eigenvalue weighted by molar-refractivity contribution is 6.52. The number of hydrogen-bond donors (Lipinski definition) is 0. The number of Topliss-reactive ketones (excluding diaryl/α,β-unsaturated/α-hetero) is 1. The monoisotopic (exact) mass is 321 g/mol. The molecule has 1 aliphatic heterocycles. The summed E-state index contributed by atoms with van der Waals surface area (Å²) in [4.78, 5) is 33.7. The van der Waals surface area contributed by atoms with Gasteiger partial charge in [-0.15, -0.1) is 0 Å². The molecule has 5 nitrogen and oxygen atoms in total. The van der Waals surface area contributed by atoms with Crippen molar-refractivity contribution in [1.29, 1.82) is 0 Å². The molecule has 2 aromatic rings. The number of aromatic nitrogens is 2. The number of aryl methyl sites for hydroxylation is 1. The maximum absolute atomic E-state index is 12.1. The van der Waals surface area contributed by atoms with Crippen LogP contribution in [0.25, 0.3) is 0 Å². The summed E-state index contributed by atoms with van der Waals surface area (Å²) in [5, 5.41) is 0.707. The standard InChI is InChI=1S/C14H9Cl2N3O2/c1-7-4-11(16)18-12(17-7)6-19-10-3-2-8(15)5-9(10)13(20)14(19)21/h2-5H,6H2,1H3. The van der Waals surface area contributed by atoms with E-state index in [-0.39, 0.29) is 6.54 Å². The van der Waals surface area contributed by atoms with Gasteiger partial charge in [0.05, 0.1) is 17.8 Å². The first-order valence-electron chi connectivity index (χ1n) is 6.11. The molecule has 0 aliphatic carbocycles. The lowest BCUT2D eigenvalue weighted by atomic mass is 10.1. The molecule has 106 valence electrons. The number of carbonyl (C=O) groups excluding carboxylic acids is 2. The van der Waals surface area contributed by atoms with Crippen LogP contribution in [0.5, 0.6) is 0 Å². The molecule has 1 amide bonds. The Labute approximate surface area is 130 Å². The largest absolute Gasteiger partial charge is 0.299 e. The van der Waals surface area contributed by atoms with Crippen LogP contribution >= 0.6 is 23.2 Å². The van der Waals surface area contributed by atoms with Gasteiger partial charge in [-0.1, -0.05) is 23.2 Å². The van der Waals surface area contributed by atoms with Crippen LogP contribution < -0.4 is 4.90 Å². The van der Waals surface area contributed by atoms with Crippen molar-refractivity contribution >= 4 is 40.6 Å². The number of halogens is 2. The van der Waals surface area contributed by atoms with Gasteiger partial charge in [-0.3, -0.25) is 14.5 Å². The Bertz CT molecular complexity index is 757. The van der Waals surface area contributed by atoms with E-state index in [4.69, 9.17) is 23.2 Å². The quantitative estimate of drug-likeness (QED) is 0.630. The molecule has 3 rings (SSSR count). The molecule has 1 aliphatic rings. The van der Waals surface area contributed by atoms with E-state index in [9.17, 15) is 9.59 Å². The van der Waals surface area contributed by atoms with Crippen molar-refractivity contribution in [3.63, 3.8) is 0 Å². The molecule has 0 N–H and O–H groups in total. The van der Waals surface area contributed by atoms with Gasteiger partial charge >= 0.3 is 0 Å². The van der Waals surface area contributed by atoms with Crippen LogP contribution in [0.4, 0.5) is 5.69 Å². The summed E-state index contributed by atoms with van der Waals surface area (Å²) < 4.78 is 0. The van der Waals surface area contributed by atoms with E-state index >= 15 is 0 Å². The van der Waals surface area contributed by atoms with Crippen LogP contribution in [0.3, 0.4) is 0 Å². The van der Waals surface area contributed by atoms with Crippen LogP contribution in [-0.2, 0) is 11.3 Å². The topological polar surface area (TPSA) is 63.2 Å². The van der Waals surface area contributed by atoms with E-state index in [0.717, 1.165) is 0 Å². The molecule has 0 unspecified atom stereocenters. The smallest absolute Gasteiger partial charge is 0.297 e. The first kappa shape index (κ1) is 14.0. The fourth-order valence-corrected chi connectivity index (χ4v) is 2.66. The minimum Gasteiger partial charge on any atom is -0.297 e. The molecule has 0 fully saturated rings. The number of benzene rings is 1. The van der Waals surface area contributed by atoms with Gasteiger partial charge in [0.2, 0.25) is 0 Å². The zero-order valence-electron chi connectivity index (χ0n) is 10.9. The fourth-order valence-electron chi connectivity index (χ4n) is 2.23. The highest BCUT2D eigenvalue weighted by atomic mass is 35.5. The third kappa shape index (κ3) is 2.50. The summed E-state index contributed by atoms with van der Waals surface area (Å²) in [6, 6.07) is 6.37. The van der Waals surface area contributed by atoms with E-state index in [1.165, 1.54) is 11.0 Å². The van der Waals surface area contributed by atoms with E-state index in [1.807, 2.05) is 0 Å². The molecule has 0 saturated heterocycles. The first-order chi connectivity index (χ1) is 9.95. The number of carbonyl (C=O) groups is 2. The van der Waals surface area contributed by atoms with Gasteiger partial charge in [0.25, 0.3) is 11.7 Å². The lowest BCUT2D eigenvalue weighted by Crippen LogP contribution is -2.30. The Kier molecular flexibility index (Phi) is 3.39. The predicted octanol–water partition coefficient (Wildman–Crippen LogP) is 2.82. The van der Waals surface area contributed by atoms with Crippen LogP contribution in [0.2, 0.25) is 10.2 Å². The van der Waals surface area contributed by atoms with E-state index < -0.39 is 11.7 Å². The van der Waals surface area contributed by atoms with Gasteiger partial charge in [0.15, 0.2) is 0 Å². The van der Waals surface area contributed by atoms with Gasteiger partial charge in [-0.2, -0.15) is 0 Å². The Balaban J connectivity index is 2.00. The van der Waals surface area contributed by atoms with E-state index in [2.05, 4.69) is 9.97 Å². The zero-order chi connectivity index (χ0) is 15.1. The summed E-state index contributed by atoms with van der Waals surface area (Å²) in [6.07, 6.45) is 0. The van der Waals surface area contributed by atoms with Gasteiger partial charge in [0, 0.05) is 10.7 Å². The van der Waals surface area contributed by atoms with E-state index in [0.29, 0.717) is 32.9 Å². The molecule has 0 bridgehead atoms. The Morgan fingerprint density at radius 2 is 1.90 bits per heavy atom.